The Balaban J connectivity index is 1.68. The predicted octanol–water partition coefficient (Wildman–Crippen LogP) is 0.501. The van der Waals surface area contributed by atoms with Gasteiger partial charge in [0, 0.05) is 37.4 Å². The number of aromatic nitrogens is 2. The van der Waals surface area contributed by atoms with E-state index < -0.39 is 17.3 Å². The molecule has 4 rings (SSSR count). The Bertz CT molecular complexity index is 735. The lowest BCUT2D eigenvalue weighted by Crippen LogP contribution is -2.41. The monoisotopic (exact) mass is 328 g/mol. The summed E-state index contributed by atoms with van der Waals surface area (Å²) >= 11 is 0. The maximum atomic E-state index is 12.7. The smallest absolute Gasteiger partial charge is 0.314 e. The minimum absolute atomic E-state index is 0.0921. The molecule has 3 heterocycles. The number of aryl methyl sites for hydroxylation is 1. The van der Waals surface area contributed by atoms with Crippen LogP contribution in [0, 0.1) is 11.3 Å². The van der Waals surface area contributed by atoms with E-state index in [-0.39, 0.29) is 12.5 Å². The Kier molecular flexibility index (Phi) is 3.33. The second-order valence-corrected chi connectivity index (χ2v) is 6.88. The van der Waals surface area contributed by atoms with Gasteiger partial charge >= 0.3 is 5.97 Å². The molecule has 0 spiro atoms. The third-order valence-electron chi connectivity index (χ3n) is 5.55. The lowest BCUT2D eigenvalue weighted by Gasteiger charge is -2.26. The molecule has 1 amide bonds. The number of anilines is 1. The number of aliphatic carboxylic acids is 1. The number of carboxylic acid groups (broad SMARTS) is 1. The second-order valence-electron chi connectivity index (χ2n) is 6.88. The van der Waals surface area contributed by atoms with E-state index in [0.29, 0.717) is 19.6 Å². The number of carboxylic acids is 1. The van der Waals surface area contributed by atoms with Gasteiger partial charge in [0.2, 0.25) is 5.91 Å². The van der Waals surface area contributed by atoms with E-state index in [9.17, 15) is 14.7 Å². The van der Waals surface area contributed by atoms with Gasteiger partial charge in [0.1, 0.15) is 17.6 Å². The second kappa shape index (κ2) is 5.29. The number of rotatable bonds is 4. The standard InChI is InChI=1S/C17H20N4O3/c1-2-6-20-8-17(16(23)24)9-21(7-12(17)15(20)22)14-11-4-3-5-13(11)18-10-19-14/h2,10,12H,1,3-9H2,(H,23,24)/t12-,17+/m1/s1. The third-order valence-corrected chi connectivity index (χ3v) is 5.55. The highest BCUT2D eigenvalue weighted by Crippen LogP contribution is 2.45. The van der Waals surface area contributed by atoms with Crippen LogP contribution in [0.15, 0.2) is 19.0 Å². The molecule has 0 bridgehead atoms. The summed E-state index contributed by atoms with van der Waals surface area (Å²) in [5, 5.41) is 9.87. The van der Waals surface area contributed by atoms with Crippen LogP contribution < -0.4 is 4.90 Å². The summed E-state index contributed by atoms with van der Waals surface area (Å²) in [6.07, 6.45) is 6.10. The van der Waals surface area contributed by atoms with Crippen LogP contribution in [0.5, 0.6) is 0 Å². The molecule has 3 aliphatic rings. The summed E-state index contributed by atoms with van der Waals surface area (Å²) in [6.45, 7) is 5.01. The highest BCUT2D eigenvalue weighted by Gasteiger charge is 2.62. The van der Waals surface area contributed by atoms with Crippen LogP contribution in [0.4, 0.5) is 5.82 Å². The van der Waals surface area contributed by atoms with Crippen molar-refractivity contribution in [3.63, 3.8) is 0 Å². The van der Waals surface area contributed by atoms with Crippen LogP contribution in [0.3, 0.4) is 0 Å². The molecule has 7 heteroatoms. The van der Waals surface area contributed by atoms with E-state index in [1.165, 1.54) is 0 Å². The normalized spacial score (nSPS) is 28.2. The topological polar surface area (TPSA) is 86.6 Å². The molecule has 0 unspecified atom stereocenters. The van der Waals surface area contributed by atoms with Crippen molar-refractivity contribution >= 4 is 17.7 Å². The number of hydrogen-bond acceptors (Lipinski definition) is 5. The summed E-state index contributed by atoms with van der Waals surface area (Å²) in [7, 11) is 0. The van der Waals surface area contributed by atoms with Crippen molar-refractivity contribution in [1.29, 1.82) is 0 Å². The highest BCUT2D eigenvalue weighted by atomic mass is 16.4. The molecular formula is C17H20N4O3. The van der Waals surface area contributed by atoms with Crippen LogP contribution in [-0.2, 0) is 22.4 Å². The first-order valence-electron chi connectivity index (χ1n) is 8.27. The molecule has 7 nitrogen and oxygen atoms in total. The fraction of sp³-hybridized carbons (Fsp3) is 0.529. The van der Waals surface area contributed by atoms with Crippen LogP contribution in [0.2, 0.25) is 0 Å². The van der Waals surface area contributed by atoms with Crippen LogP contribution in [0.1, 0.15) is 17.7 Å². The molecule has 2 atom stereocenters. The van der Waals surface area contributed by atoms with E-state index in [1.807, 2.05) is 4.90 Å². The van der Waals surface area contributed by atoms with Crippen molar-refractivity contribution in [3.05, 3.63) is 30.2 Å². The van der Waals surface area contributed by atoms with Crippen molar-refractivity contribution in [1.82, 2.24) is 14.9 Å². The molecule has 0 saturated carbocycles. The maximum absolute atomic E-state index is 12.7. The first-order valence-corrected chi connectivity index (χ1v) is 8.27. The number of amides is 1. The minimum Gasteiger partial charge on any atom is -0.481 e. The number of fused-ring (bicyclic) bond motifs is 2. The molecule has 1 aromatic rings. The Morgan fingerprint density at radius 3 is 2.96 bits per heavy atom. The Morgan fingerprint density at radius 2 is 2.25 bits per heavy atom. The minimum atomic E-state index is -1.06. The van der Waals surface area contributed by atoms with Gasteiger partial charge < -0.3 is 14.9 Å². The van der Waals surface area contributed by atoms with Crippen molar-refractivity contribution in [2.45, 2.75) is 19.3 Å². The zero-order chi connectivity index (χ0) is 16.9. The fourth-order valence-corrected chi connectivity index (χ4v) is 4.39. The molecule has 1 N–H and O–H groups in total. The van der Waals surface area contributed by atoms with E-state index >= 15 is 0 Å². The number of carbonyl (C=O) groups is 2. The van der Waals surface area contributed by atoms with Gasteiger partial charge in [0.15, 0.2) is 0 Å². The first kappa shape index (κ1) is 15.1. The van der Waals surface area contributed by atoms with Crippen molar-refractivity contribution in [2.75, 3.05) is 31.1 Å². The molecule has 126 valence electrons. The quantitative estimate of drug-likeness (QED) is 0.810. The zero-order valence-electron chi connectivity index (χ0n) is 13.4. The number of carbonyl (C=O) groups excluding carboxylic acids is 1. The molecule has 2 fully saturated rings. The number of likely N-dealkylation sites (tertiary alicyclic amines) is 1. The van der Waals surface area contributed by atoms with Crippen molar-refractivity contribution < 1.29 is 14.7 Å². The molecule has 24 heavy (non-hydrogen) atoms. The number of hydrogen-bond donors (Lipinski definition) is 1. The lowest BCUT2D eigenvalue weighted by atomic mass is 9.81. The van der Waals surface area contributed by atoms with Gasteiger partial charge in [-0.3, -0.25) is 9.59 Å². The maximum Gasteiger partial charge on any atom is 0.314 e. The van der Waals surface area contributed by atoms with Crippen LogP contribution in [-0.4, -0.2) is 58.0 Å². The Hall–Kier alpha value is -2.44. The zero-order valence-corrected chi connectivity index (χ0v) is 13.4. The van der Waals surface area contributed by atoms with Gasteiger partial charge in [-0.05, 0) is 19.3 Å². The fourth-order valence-electron chi connectivity index (χ4n) is 4.39. The van der Waals surface area contributed by atoms with Gasteiger partial charge in [0.25, 0.3) is 0 Å². The molecule has 2 saturated heterocycles. The van der Waals surface area contributed by atoms with Gasteiger partial charge in [-0.2, -0.15) is 0 Å². The summed E-state index contributed by atoms with van der Waals surface area (Å²) in [5.41, 5.74) is 1.12. The van der Waals surface area contributed by atoms with Gasteiger partial charge in [0.05, 0.1) is 5.92 Å². The van der Waals surface area contributed by atoms with Gasteiger partial charge in [-0.1, -0.05) is 6.08 Å². The molecule has 0 radical (unpaired) electrons. The van der Waals surface area contributed by atoms with Crippen LogP contribution >= 0.6 is 0 Å². The van der Waals surface area contributed by atoms with Crippen molar-refractivity contribution in [2.24, 2.45) is 11.3 Å². The van der Waals surface area contributed by atoms with Crippen LogP contribution in [0.25, 0.3) is 0 Å². The van der Waals surface area contributed by atoms with E-state index in [0.717, 1.165) is 36.3 Å². The molecule has 1 aliphatic carbocycles. The van der Waals surface area contributed by atoms with E-state index in [1.54, 1.807) is 17.3 Å². The summed E-state index contributed by atoms with van der Waals surface area (Å²) in [6, 6.07) is 0. The SMILES string of the molecule is C=CCN1C[C@]2(C(=O)O)CN(c3ncnc4c3CCC4)C[C@@H]2C1=O. The summed E-state index contributed by atoms with van der Waals surface area (Å²) in [5.74, 6) is -0.705. The Labute approximate surface area is 140 Å². The van der Waals surface area contributed by atoms with Gasteiger partial charge in [-0.15, -0.1) is 6.58 Å². The van der Waals surface area contributed by atoms with Crippen molar-refractivity contribution in [3.8, 4) is 0 Å². The van der Waals surface area contributed by atoms with Gasteiger partial charge in [-0.25, -0.2) is 9.97 Å². The highest BCUT2D eigenvalue weighted by molar-refractivity contribution is 5.93. The third kappa shape index (κ3) is 1.96. The number of nitrogens with zero attached hydrogens (tertiary/aromatic N) is 4. The molecule has 0 aromatic carbocycles. The molecule has 1 aromatic heterocycles. The van der Waals surface area contributed by atoms with E-state index in [2.05, 4.69) is 16.5 Å². The average molecular weight is 328 g/mol. The molecule has 2 aliphatic heterocycles. The van der Waals surface area contributed by atoms with E-state index in [4.69, 9.17) is 0 Å². The lowest BCUT2D eigenvalue weighted by molar-refractivity contribution is -0.149. The summed E-state index contributed by atoms with van der Waals surface area (Å²) < 4.78 is 0. The largest absolute Gasteiger partial charge is 0.481 e. The predicted molar refractivity (Wildman–Crippen MR) is 86.6 cm³/mol. The molecular weight excluding hydrogens is 308 g/mol. The Morgan fingerprint density at radius 1 is 1.42 bits per heavy atom. The first-order chi connectivity index (χ1) is 11.6. The average Bonchev–Trinajstić information content (AvgIpc) is 3.23. The summed E-state index contributed by atoms with van der Waals surface area (Å²) in [4.78, 5) is 37.0.